The summed E-state index contributed by atoms with van der Waals surface area (Å²) in [7, 11) is 2.66. The average Bonchev–Trinajstić information content (AvgIpc) is 3.29. The maximum Gasteiger partial charge on any atom is 0.339 e. The molecule has 0 aromatic heterocycles. The zero-order chi connectivity index (χ0) is 22.4. The van der Waals surface area contributed by atoms with Crippen LogP contribution in [0.25, 0.3) is 0 Å². The fraction of sp³-hybridized carbons (Fsp3) is 0.238. The average molecular weight is 459 g/mol. The van der Waals surface area contributed by atoms with E-state index in [1.807, 2.05) is 10.0 Å². The largest absolute Gasteiger partial charge is 0.465 e. The minimum atomic E-state index is -0.458. The van der Waals surface area contributed by atoms with Gasteiger partial charge in [-0.15, -0.1) is 0 Å². The molecule has 1 fully saturated rings. The van der Waals surface area contributed by atoms with Crippen molar-refractivity contribution in [2.45, 2.75) is 6.42 Å². The van der Waals surface area contributed by atoms with Crippen LogP contribution >= 0.6 is 24.4 Å². The number of rotatable bonds is 4. The number of ether oxygens (including phenoxy) is 2. The minimum Gasteiger partial charge on any atom is -0.465 e. The van der Waals surface area contributed by atoms with Crippen molar-refractivity contribution < 1.29 is 19.1 Å². The maximum atomic E-state index is 12.0. The highest BCUT2D eigenvalue weighted by Gasteiger charge is 2.28. The van der Waals surface area contributed by atoms with Crippen LogP contribution < -0.4 is 10.6 Å². The number of nitrogens with zero attached hydrogens (tertiary/aromatic N) is 2. The molecule has 0 amide bonds. The number of carbonyl (C=O) groups excluding carboxylic acids is 2. The van der Waals surface area contributed by atoms with E-state index in [9.17, 15) is 9.59 Å². The van der Waals surface area contributed by atoms with Crippen LogP contribution in [-0.4, -0.2) is 59.5 Å². The molecule has 8 nitrogen and oxygen atoms in total. The molecule has 10 heteroatoms. The Morgan fingerprint density at radius 1 is 0.774 bits per heavy atom. The van der Waals surface area contributed by atoms with Crippen LogP contribution in [0.3, 0.4) is 0 Å². The molecule has 1 aliphatic rings. The van der Waals surface area contributed by atoms with Gasteiger partial charge in [-0.3, -0.25) is 10.0 Å². The number of carbonyl (C=O) groups is 2. The van der Waals surface area contributed by atoms with E-state index in [1.165, 1.54) is 14.2 Å². The highest BCUT2D eigenvalue weighted by Crippen LogP contribution is 2.21. The fourth-order valence-corrected chi connectivity index (χ4v) is 3.75. The Labute approximate surface area is 191 Å². The number of para-hydroxylation sites is 2. The molecule has 0 spiro atoms. The lowest BCUT2D eigenvalue weighted by Gasteiger charge is -2.32. The molecule has 2 aromatic carbocycles. The Bertz CT molecular complexity index is 935. The third-order valence-corrected chi connectivity index (χ3v) is 5.27. The predicted molar refractivity (Wildman–Crippen MR) is 126 cm³/mol. The topological polar surface area (TPSA) is 83.1 Å². The van der Waals surface area contributed by atoms with Crippen molar-refractivity contribution in [3.8, 4) is 0 Å². The van der Waals surface area contributed by atoms with Crippen molar-refractivity contribution in [2.75, 3.05) is 37.9 Å². The second-order valence-corrected chi connectivity index (χ2v) is 7.31. The van der Waals surface area contributed by atoms with Gasteiger partial charge in [0.15, 0.2) is 10.2 Å². The van der Waals surface area contributed by atoms with Crippen molar-refractivity contribution in [1.29, 1.82) is 0 Å². The number of anilines is 2. The molecule has 0 saturated carbocycles. The summed E-state index contributed by atoms with van der Waals surface area (Å²) in [5.41, 5.74) is 1.85. The van der Waals surface area contributed by atoms with Gasteiger partial charge in [0.05, 0.1) is 36.7 Å². The van der Waals surface area contributed by atoms with E-state index in [4.69, 9.17) is 33.9 Å². The first-order chi connectivity index (χ1) is 15.0. The zero-order valence-corrected chi connectivity index (χ0v) is 18.7. The summed E-state index contributed by atoms with van der Waals surface area (Å²) >= 11 is 11.2. The number of benzene rings is 2. The number of hydrogen-bond donors (Lipinski definition) is 2. The van der Waals surface area contributed by atoms with Crippen molar-refractivity contribution in [1.82, 2.24) is 10.0 Å². The highest BCUT2D eigenvalue weighted by molar-refractivity contribution is 7.80. The van der Waals surface area contributed by atoms with Crippen LogP contribution in [0.1, 0.15) is 27.1 Å². The Morgan fingerprint density at radius 3 is 1.55 bits per heavy atom. The van der Waals surface area contributed by atoms with Gasteiger partial charge >= 0.3 is 11.9 Å². The lowest BCUT2D eigenvalue weighted by Crippen LogP contribution is -2.48. The smallest absolute Gasteiger partial charge is 0.339 e. The molecular weight excluding hydrogens is 436 g/mol. The van der Waals surface area contributed by atoms with Crippen molar-refractivity contribution in [3.63, 3.8) is 0 Å². The fourth-order valence-electron chi connectivity index (χ4n) is 3.15. The van der Waals surface area contributed by atoms with Crippen LogP contribution in [-0.2, 0) is 9.47 Å². The molecule has 0 unspecified atom stereocenters. The normalized spacial score (nSPS) is 12.8. The number of methoxy groups -OCH3 is 2. The Kier molecular flexibility index (Phi) is 7.37. The monoisotopic (exact) mass is 458 g/mol. The molecule has 3 rings (SSSR count). The Hall–Kier alpha value is -3.24. The second-order valence-electron chi connectivity index (χ2n) is 6.53. The maximum absolute atomic E-state index is 12.0. The summed E-state index contributed by atoms with van der Waals surface area (Å²) < 4.78 is 9.67. The summed E-state index contributed by atoms with van der Waals surface area (Å²) in [4.78, 5) is 24.1. The van der Waals surface area contributed by atoms with Gasteiger partial charge in [-0.25, -0.2) is 9.59 Å². The lowest BCUT2D eigenvalue weighted by atomic mass is 10.2. The highest BCUT2D eigenvalue weighted by atomic mass is 32.1. The van der Waals surface area contributed by atoms with E-state index >= 15 is 0 Å². The SMILES string of the molecule is COC(=O)c1ccccc1NC(=S)N1CCCN1C(=S)Nc1ccccc1C(=O)OC. The molecule has 0 aliphatic carbocycles. The Balaban J connectivity index is 1.75. The first-order valence-corrected chi connectivity index (χ1v) is 10.3. The van der Waals surface area contributed by atoms with E-state index in [0.29, 0.717) is 45.8 Å². The van der Waals surface area contributed by atoms with Gasteiger partial charge in [-0.05, 0) is 55.1 Å². The van der Waals surface area contributed by atoms with E-state index < -0.39 is 11.9 Å². The molecule has 1 heterocycles. The molecule has 2 aromatic rings. The molecule has 1 saturated heterocycles. The third-order valence-electron chi connectivity index (χ3n) is 4.65. The first-order valence-electron chi connectivity index (χ1n) is 9.48. The third kappa shape index (κ3) is 5.09. The van der Waals surface area contributed by atoms with Gasteiger partial charge < -0.3 is 20.1 Å². The molecule has 0 radical (unpaired) electrons. The van der Waals surface area contributed by atoms with Crippen LogP contribution in [0, 0.1) is 0 Å². The predicted octanol–water partition coefficient (Wildman–Crippen LogP) is 3.28. The van der Waals surface area contributed by atoms with Crippen LogP contribution in [0.4, 0.5) is 11.4 Å². The van der Waals surface area contributed by atoms with Crippen LogP contribution in [0.15, 0.2) is 48.5 Å². The van der Waals surface area contributed by atoms with E-state index in [2.05, 4.69) is 10.6 Å². The van der Waals surface area contributed by atoms with Gasteiger partial charge in [-0.1, -0.05) is 24.3 Å². The van der Waals surface area contributed by atoms with Crippen molar-refractivity contribution in [3.05, 3.63) is 59.7 Å². The molecule has 0 bridgehead atoms. The van der Waals surface area contributed by atoms with Gasteiger partial charge in [0.2, 0.25) is 0 Å². The number of hydrazine groups is 1. The van der Waals surface area contributed by atoms with Crippen LogP contribution in [0.5, 0.6) is 0 Å². The number of nitrogens with one attached hydrogen (secondary N) is 2. The molecular formula is C21H22N4O4S2. The molecule has 0 atom stereocenters. The van der Waals surface area contributed by atoms with Gasteiger partial charge in [-0.2, -0.15) is 0 Å². The standard InChI is InChI=1S/C21H22N4O4S2/c1-28-18(26)14-8-3-5-10-16(14)22-20(30)24-12-7-13-25(24)21(31)23-17-11-6-4-9-15(17)19(27)29-2/h3-6,8-11H,7,12-13H2,1-2H3,(H,22,30)(H,23,31). The van der Waals surface area contributed by atoms with E-state index in [1.54, 1.807) is 48.5 Å². The summed E-state index contributed by atoms with van der Waals surface area (Å²) in [6.07, 6.45) is 0.834. The molecule has 162 valence electrons. The summed E-state index contributed by atoms with van der Waals surface area (Å²) in [5.74, 6) is -0.915. The number of hydrogen-bond acceptors (Lipinski definition) is 6. The summed E-state index contributed by atoms with van der Waals surface area (Å²) in [5, 5.41) is 10.6. The molecule has 31 heavy (non-hydrogen) atoms. The Morgan fingerprint density at radius 2 is 1.16 bits per heavy atom. The quantitative estimate of drug-likeness (QED) is 0.526. The van der Waals surface area contributed by atoms with Gasteiger partial charge in [0, 0.05) is 13.1 Å². The minimum absolute atomic E-state index is 0.380. The molecule has 1 aliphatic heterocycles. The van der Waals surface area contributed by atoms with Gasteiger partial charge in [0.1, 0.15) is 0 Å². The summed E-state index contributed by atoms with van der Waals surface area (Å²) in [6.45, 7) is 1.29. The second kappa shape index (κ2) is 10.2. The van der Waals surface area contributed by atoms with Crippen molar-refractivity contribution >= 4 is 58.0 Å². The van der Waals surface area contributed by atoms with Crippen LogP contribution in [0.2, 0.25) is 0 Å². The summed E-state index contributed by atoms with van der Waals surface area (Å²) in [6, 6.07) is 13.9. The zero-order valence-electron chi connectivity index (χ0n) is 17.1. The lowest BCUT2D eigenvalue weighted by molar-refractivity contribution is 0.0593. The van der Waals surface area contributed by atoms with Crippen molar-refractivity contribution in [2.24, 2.45) is 0 Å². The number of thiocarbonyl (C=S) groups is 2. The van der Waals surface area contributed by atoms with Gasteiger partial charge in [0.25, 0.3) is 0 Å². The van der Waals surface area contributed by atoms with E-state index in [-0.39, 0.29) is 0 Å². The molecule has 2 N–H and O–H groups in total. The van der Waals surface area contributed by atoms with E-state index in [0.717, 1.165) is 6.42 Å². The number of esters is 2. The first kappa shape index (κ1) is 22.4.